The quantitative estimate of drug-likeness (QED) is 0.741. The van der Waals surface area contributed by atoms with Crippen LogP contribution in [-0.4, -0.2) is 32.3 Å². The molecule has 1 heterocycles. The van der Waals surface area contributed by atoms with Crippen molar-refractivity contribution in [2.75, 3.05) is 13.1 Å². The minimum atomic E-state index is -4.03. The Morgan fingerprint density at radius 1 is 1.05 bits per heavy atom. The summed E-state index contributed by atoms with van der Waals surface area (Å²) in [6, 6.07) is 2.53. The van der Waals surface area contributed by atoms with E-state index in [1.165, 1.54) is 12.1 Å². The molecule has 1 aliphatic heterocycles. The molecule has 1 aromatic rings. The van der Waals surface area contributed by atoms with Crippen molar-refractivity contribution in [3.8, 4) is 0 Å². The average Bonchev–Trinajstić information content (AvgIpc) is 2.65. The molecule has 0 bridgehead atoms. The first-order valence-electron chi connectivity index (χ1n) is 6.54. The number of halogens is 3. The number of hydrogen-bond acceptors (Lipinski definition) is 3. The Bertz CT molecular complexity index is 653. The number of nitrogens with zero attached hydrogens (tertiary/aromatic N) is 1. The predicted octanol–water partition coefficient (Wildman–Crippen LogP) is 3.94. The van der Waals surface area contributed by atoms with Gasteiger partial charge in [0.25, 0.3) is 15.0 Å². The molecular weight excluding hydrogens is 357 g/mol. The third-order valence-electron chi connectivity index (χ3n) is 3.43. The zero-order chi connectivity index (χ0) is 15.6. The van der Waals surface area contributed by atoms with E-state index in [-0.39, 0.29) is 26.4 Å². The normalized spacial score (nSPS) is 16.6. The molecule has 0 aromatic heterocycles. The van der Waals surface area contributed by atoms with Crippen LogP contribution in [0.25, 0.3) is 0 Å². The Labute approximate surface area is 138 Å². The summed E-state index contributed by atoms with van der Waals surface area (Å²) in [6.45, 7) is 1.23. The molecule has 0 spiro atoms. The summed E-state index contributed by atoms with van der Waals surface area (Å²) in [5, 5.41) is -0.0925. The van der Waals surface area contributed by atoms with Gasteiger partial charge in [0.05, 0.1) is 15.6 Å². The van der Waals surface area contributed by atoms with Crippen LogP contribution in [0.1, 0.15) is 36.0 Å². The molecule has 2 rings (SSSR count). The number of carbonyl (C=O) groups excluding carboxylic acids is 1. The van der Waals surface area contributed by atoms with Gasteiger partial charge in [-0.1, -0.05) is 36.0 Å². The SMILES string of the molecule is O=C(c1c(Cl)ccc(S(=O)(=O)Cl)c1Cl)N1CCCCCC1. The standard InChI is InChI=1S/C13H14Cl3NO3S/c14-9-5-6-10(21(16,19)20)12(15)11(9)13(18)17-7-3-1-2-4-8-17/h5-6H,1-4,7-8H2. The monoisotopic (exact) mass is 369 g/mol. The second-order valence-electron chi connectivity index (χ2n) is 4.88. The van der Waals surface area contributed by atoms with Gasteiger partial charge in [-0.3, -0.25) is 4.79 Å². The van der Waals surface area contributed by atoms with Gasteiger partial charge in [-0.15, -0.1) is 0 Å². The van der Waals surface area contributed by atoms with Crippen LogP contribution in [0, 0.1) is 0 Å². The van der Waals surface area contributed by atoms with E-state index in [0.29, 0.717) is 13.1 Å². The van der Waals surface area contributed by atoms with Gasteiger partial charge < -0.3 is 4.90 Å². The maximum absolute atomic E-state index is 12.6. The lowest BCUT2D eigenvalue weighted by Crippen LogP contribution is -2.32. The van der Waals surface area contributed by atoms with E-state index in [0.717, 1.165) is 25.7 Å². The highest BCUT2D eigenvalue weighted by Gasteiger charge is 2.27. The lowest BCUT2D eigenvalue weighted by Gasteiger charge is -2.22. The van der Waals surface area contributed by atoms with E-state index in [1.807, 2.05) is 0 Å². The molecule has 0 unspecified atom stereocenters. The second kappa shape index (κ2) is 6.73. The molecule has 4 nitrogen and oxygen atoms in total. The summed E-state index contributed by atoms with van der Waals surface area (Å²) in [5.41, 5.74) is 0.00181. The first-order valence-corrected chi connectivity index (χ1v) is 9.61. The summed E-state index contributed by atoms with van der Waals surface area (Å²) in [5.74, 6) is -0.353. The molecule has 0 N–H and O–H groups in total. The van der Waals surface area contributed by atoms with E-state index in [9.17, 15) is 13.2 Å². The van der Waals surface area contributed by atoms with Gasteiger partial charge >= 0.3 is 0 Å². The number of hydrogen-bond donors (Lipinski definition) is 0. The van der Waals surface area contributed by atoms with Crippen molar-refractivity contribution in [2.24, 2.45) is 0 Å². The van der Waals surface area contributed by atoms with Gasteiger partial charge in [0.2, 0.25) is 0 Å². The minimum absolute atomic E-state index is 0.00181. The molecule has 116 valence electrons. The molecule has 1 aliphatic rings. The van der Waals surface area contributed by atoms with Crippen LogP contribution >= 0.6 is 33.9 Å². The molecule has 1 amide bonds. The van der Waals surface area contributed by atoms with E-state index in [1.54, 1.807) is 4.90 Å². The molecule has 1 saturated heterocycles. The van der Waals surface area contributed by atoms with Crippen LogP contribution in [0.2, 0.25) is 10.0 Å². The fourth-order valence-electron chi connectivity index (χ4n) is 2.35. The summed E-state index contributed by atoms with van der Waals surface area (Å²) in [4.78, 5) is 14.0. The van der Waals surface area contributed by atoms with Crippen LogP contribution < -0.4 is 0 Å². The maximum Gasteiger partial charge on any atom is 0.262 e. The first-order chi connectivity index (χ1) is 9.82. The summed E-state index contributed by atoms with van der Waals surface area (Å²) < 4.78 is 23.0. The lowest BCUT2D eigenvalue weighted by molar-refractivity contribution is 0.0762. The van der Waals surface area contributed by atoms with E-state index < -0.39 is 9.05 Å². The highest BCUT2D eigenvalue weighted by Crippen LogP contribution is 2.34. The molecule has 1 aromatic carbocycles. The van der Waals surface area contributed by atoms with E-state index in [2.05, 4.69) is 0 Å². The zero-order valence-electron chi connectivity index (χ0n) is 11.1. The van der Waals surface area contributed by atoms with Gasteiger partial charge in [0.15, 0.2) is 0 Å². The number of benzene rings is 1. The van der Waals surface area contributed by atoms with Gasteiger partial charge in [0, 0.05) is 23.8 Å². The predicted molar refractivity (Wildman–Crippen MR) is 83.9 cm³/mol. The molecule has 21 heavy (non-hydrogen) atoms. The Morgan fingerprint density at radius 3 is 2.14 bits per heavy atom. The molecule has 0 radical (unpaired) electrons. The minimum Gasteiger partial charge on any atom is -0.339 e. The first kappa shape index (κ1) is 16.9. The third kappa shape index (κ3) is 3.83. The maximum atomic E-state index is 12.6. The lowest BCUT2D eigenvalue weighted by atomic mass is 10.2. The Hall–Kier alpha value is -0.490. The molecule has 8 heteroatoms. The number of likely N-dealkylation sites (tertiary alicyclic amines) is 1. The van der Waals surface area contributed by atoms with Crippen LogP contribution in [0.3, 0.4) is 0 Å². The van der Waals surface area contributed by atoms with Crippen LogP contribution in [0.15, 0.2) is 17.0 Å². The van der Waals surface area contributed by atoms with E-state index in [4.69, 9.17) is 33.9 Å². The van der Waals surface area contributed by atoms with Crippen molar-refractivity contribution in [1.29, 1.82) is 0 Å². The third-order valence-corrected chi connectivity index (χ3v) is 5.61. The second-order valence-corrected chi connectivity index (χ2v) is 8.20. The smallest absolute Gasteiger partial charge is 0.262 e. The van der Waals surface area contributed by atoms with Crippen molar-refractivity contribution < 1.29 is 13.2 Å². The largest absolute Gasteiger partial charge is 0.339 e. The fourth-order valence-corrected chi connectivity index (χ4v) is 4.24. The Balaban J connectivity index is 2.45. The Kier molecular flexibility index (Phi) is 5.41. The van der Waals surface area contributed by atoms with Crippen LogP contribution in [-0.2, 0) is 9.05 Å². The van der Waals surface area contributed by atoms with Crippen molar-refractivity contribution in [1.82, 2.24) is 4.90 Å². The van der Waals surface area contributed by atoms with Crippen molar-refractivity contribution in [3.63, 3.8) is 0 Å². The van der Waals surface area contributed by atoms with Crippen molar-refractivity contribution in [2.45, 2.75) is 30.6 Å². The Morgan fingerprint density at radius 2 is 1.62 bits per heavy atom. The molecule has 0 saturated carbocycles. The molecule has 0 aliphatic carbocycles. The number of rotatable bonds is 2. The fraction of sp³-hybridized carbons (Fsp3) is 0.462. The average molecular weight is 371 g/mol. The van der Waals surface area contributed by atoms with Gasteiger partial charge in [-0.2, -0.15) is 0 Å². The van der Waals surface area contributed by atoms with Crippen molar-refractivity contribution >= 4 is 48.8 Å². The summed E-state index contributed by atoms with van der Waals surface area (Å²) >= 11 is 12.1. The van der Waals surface area contributed by atoms with Crippen LogP contribution in [0.5, 0.6) is 0 Å². The number of amides is 1. The zero-order valence-corrected chi connectivity index (χ0v) is 14.2. The van der Waals surface area contributed by atoms with Crippen LogP contribution in [0.4, 0.5) is 0 Å². The van der Waals surface area contributed by atoms with Crippen molar-refractivity contribution in [3.05, 3.63) is 27.7 Å². The molecule has 1 fully saturated rings. The molecular formula is C13H14Cl3NO3S. The molecule has 0 atom stereocenters. The van der Waals surface area contributed by atoms with Gasteiger partial charge in [-0.25, -0.2) is 8.42 Å². The topological polar surface area (TPSA) is 54.5 Å². The van der Waals surface area contributed by atoms with Gasteiger partial charge in [-0.05, 0) is 25.0 Å². The van der Waals surface area contributed by atoms with E-state index >= 15 is 0 Å². The summed E-state index contributed by atoms with van der Waals surface area (Å²) in [6.07, 6.45) is 3.96. The highest BCUT2D eigenvalue weighted by molar-refractivity contribution is 8.13. The summed E-state index contributed by atoms with van der Waals surface area (Å²) in [7, 11) is 1.29. The highest BCUT2D eigenvalue weighted by atomic mass is 35.7. The number of carbonyl (C=O) groups is 1. The van der Waals surface area contributed by atoms with Gasteiger partial charge in [0.1, 0.15) is 4.90 Å².